The van der Waals surface area contributed by atoms with E-state index in [0.717, 1.165) is 30.2 Å². The second-order valence-electron chi connectivity index (χ2n) is 4.89. The number of ether oxygens (including phenoxy) is 1. The molecule has 0 aromatic heterocycles. The zero-order valence-corrected chi connectivity index (χ0v) is 12.5. The van der Waals surface area contributed by atoms with Crippen LogP contribution in [0.5, 0.6) is 0 Å². The van der Waals surface area contributed by atoms with E-state index >= 15 is 0 Å². The number of amides is 1. The van der Waals surface area contributed by atoms with Crippen LogP contribution in [-0.2, 0) is 9.53 Å². The summed E-state index contributed by atoms with van der Waals surface area (Å²) in [6.07, 6.45) is 0.523. The Bertz CT molecular complexity index is 453. The highest BCUT2D eigenvalue weighted by Gasteiger charge is 2.23. The molecule has 5 heteroatoms. The molecule has 1 aromatic carbocycles. The van der Waals surface area contributed by atoms with Crippen LogP contribution in [-0.4, -0.2) is 43.6 Å². The number of hydrogen-bond acceptors (Lipinski definition) is 3. The lowest BCUT2D eigenvalue weighted by molar-refractivity contribution is -0.121. The number of carbonyl (C=O) groups excluding carboxylic acids is 1. The van der Waals surface area contributed by atoms with E-state index in [9.17, 15) is 4.79 Å². The number of rotatable bonds is 5. The van der Waals surface area contributed by atoms with Gasteiger partial charge in [0.05, 0.1) is 12.7 Å². The summed E-state index contributed by atoms with van der Waals surface area (Å²) in [6, 6.07) is 7.77. The number of benzene rings is 1. The maximum absolute atomic E-state index is 11.5. The summed E-state index contributed by atoms with van der Waals surface area (Å²) in [6.45, 7) is 5.69. The molecule has 0 spiro atoms. The lowest BCUT2D eigenvalue weighted by Gasteiger charge is -2.33. The van der Waals surface area contributed by atoms with E-state index in [0.29, 0.717) is 19.6 Å². The highest BCUT2D eigenvalue weighted by atomic mass is 35.5. The van der Waals surface area contributed by atoms with Gasteiger partial charge in [0.25, 0.3) is 0 Å². The van der Waals surface area contributed by atoms with E-state index in [1.165, 1.54) is 0 Å². The third-order valence-electron chi connectivity index (χ3n) is 3.43. The highest BCUT2D eigenvalue weighted by molar-refractivity contribution is 6.31. The maximum atomic E-state index is 11.5. The van der Waals surface area contributed by atoms with Gasteiger partial charge in [-0.1, -0.05) is 29.8 Å². The fraction of sp³-hybridized carbons (Fsp3) is 0.533. The molecule has 1 amide bonds. The molecule has 110 valence electrons. The largest absolute Gasteiger partial charge is 0.371 e. The van der Waals surface area contributed by atoms with E-state index in [-0.39, 0.29) is 12.0 Å². The Morgan fingerprint density at radius 3 is 3.05 bits per heavy atom. The summed E-state index contributed by atoms with van der Waals surface area (Å²) in [5.41, 5.74) is 1.02. The first-order valence-corrected chi connectivity index (χ1v) is 7.43. The Kier molecular flexibility index (Phi) is 5.83. The van der Waals surface area contributed by atoms with E-state index in [1.54, 1.807) is 0 Å². The van der Waals surface area contributed by atoms with E-state index in [1.807, 2.05) is 31.2 Å². The molecule has 0 radical (unpaired) electrons. The zero-order valence-electron chi connectivity index (χ0n) is 11.8. The molecule has 0 saturated carbocycles. The smallest absolute Gasteiger partial charge is 0.221 e. The van der Waals surface area contributed by atoms with Crippen molar-refractivity contribution in [3.05, 3.63) is 34.9 Å². The molecule has 1 aliphatic rings. The summed E-state index contributed by atoms with van der Waals surface area (Å²) in [4.78, 5) is 13.8. The van der Waals surface area contributed by atoms with Crippen molar-refractivity contribution in [3.63, 3.8) is 0 Å². The molecule has 1 unspecified atom stereocenters. The Morgan fingerprint density at radius 2 is 2.30 bits per heavy atom. The Labute approximate surface area is 125 Å². The molecule has 20 heavy (non-hydrogen) atoms. The minimum atomic E-state index is -0.00770. The monoisotopic (exact) mass is 296 g/mol. The standard InChI is InChI=1S/C15H21ClN2O2/c1-2-17-15(19)7-8-18-9-10-20-14(11-18)12-5-3-4-6-13(12)16/h3-6,14H,2,7-11H2,1H3,(H,17,19). The summed E-state index contributed by atoms with van der Waals surface area (Å²) in [7, 11) is 0. The summed E-state index contributed by atoms with van der Waals surface area (Å²) < 4.78 is 5.80. The Hall–Kier alpha value is -1.10. The zero-order chi connectivity index (χ0) is 14.4. The van der Waals surface area contributed by atoms with Gasteiger partial charge in [-0.2, -0.15) is 0 Å². The second kappa shape index (κ2) is 7.62. The fourth-order valence-electron chi connectivity index (χ4n) is 2.38. The van der Waals surface area contributed by atoms with Gasteiger partial charge in [-0.25, -0.2) is 0 Å². The molecule has 0 bridgehead atoms. The molecule has 2 rings (SSSR count). The second-order valence-corrected chi connectivity index (χ2v) is 5.29. The quantitative estimate of drug-likeness (QED) is 0.906. The van der Waals surface area contributed by atoms with Gasteiger partial charge in [0.15, 0.2) is 0 Å². The van der Waals surface area contributed by atoms with Crippen LogP contribution < -0.4 is 5.32 Å². The predicted molar refractivity (Wildman–Crippen MR) is 79.9 cm³/mol. The molecule has 1 aromatic rings. The van der Waals surface area contributed by atoms with Crippen molar-refractivity contribution in [1.29, 1.82) is 0 Å². The SMILES string of the molecule is CCNC(=O)CCN1CCOC(c2ccccc2Cl)C1. The molecular weight excluding hydrogens is 276 g/mol. The van der Waals surface area contributed by atoms with Crippen molar-refractivity contribution in [2.24, 2.45) is 0 Å². The molecular formula is C15H21ClN2O2. The van der Waals surface area contributed by atoms with Crippen LogP contribution in [0.3, 0.4) is 0 Å². The first kappa shape index (κ1) is 15.3. The van der Waals surface area contributed by atoms with Crippen molar-refractivity contribution < 1.29 is 9.53 Å². The average molecular weight is 297 g/mol. The number of nitrogens with one attached hydrogen (secondary N) is 1. The van der Waals surface area contributed by atoms with E-state index in [4.69, 9.17) is 16.3 Å². The van der Waals surface area contributed by atoms with Gasteiger partial charge in [-0.3, -0.25) is 9.69 Å². The molecule has 1 heterocycles. The van der Waals surface area contributed by atoms with Crippen LogP contribution in [0.2, 0.25) is 5.02 Å². The summed E-state index contributed by atoms with van der Waals surface area (Å²) in [5.74, 6) is 0.105. The fourth-order valence-corrected chi connectivity index (χ4v) is 2.63. The van der Waals surface area contributed by atoms with Gasteiger partial charge >= 0.3 is 0 Å². The van der Waals surface area contributed by atoms with Gasteiger partial charge in [-0.05, 0) is 13.0 Å². The van der Waals surface area contributed by atoms with Gasteiger partial charge in [0.1, 0.15) is 0 Å². The van der Waals surface area contributed by atoms with Crippen molar-refractivity contribution >= 4 is 17.5 Å². The van der Waals surface area contributed by atoms with Gasteiger partial charge in [-0.15, -0.1) is 0 Å². The van der Waals surface area contributed by atoms with Crippen LogP contribution in [0.4, 0.5) is 0 Å². The third-order valence-corrected chi connectivity index (χ3v) is 3.78. The van der Waals surface area contributed by atoms with E-state index in [2.05, 4.69) is 10.2 Å². The number of morpholine rings is 1. The molecule has 1 atom stereocenters. The first-order valence-electron chi connectivity index (χ1n) is 7.05. The minimum Gasteiger partial charge on any atom is -0.371 e. The molecule has 1 aliphatic heterocycles. The number of hydrogen-bond donors (Lipinski definition) is 1. The Balaban J connectivity index is 1.89. The van der Waals surface area contributed by atoms with Crippen LogP contribution in [0.1, 0.15) is 25.0 Å². The average Bonchev–Trinajstić information content (AvgIpc) is 2.46. The van der Waals surface area contributed by atoms with Crippen molar-refractivity contribution in [1.82, 2.24) is 10.2 Å². The minimum absolute atomic E-state index is 0.00770. The summed E-state index contributed by atoms with van der Waals surface area (Å²) in [5, 5.41) is 3.56. The van der Waals surface area contributed by atoms with Gasteiger partial charge in [0, 0.05) is 43.2 Å². The predicted octanol–water partition coefficient (Wildman–Crippen LogP) is 2.24. The highest BCUT2D eigenvalue weighted by Crippen LogP contribution is 2.28. The molecule has 1 fully saturated rings. The van der Waals surface area contributed by atoms with Crippen LogP contribution in [0.25, 0.3) is 0 Å². The van der Waals surface area contributed by atoms with E-state index < -0.39 is 0 Å². The maximum Gasteiger partial charge on any atom is 0.221 e. The summed E-state index contributed by atoms with van der Waals surface area (Å²) >= 11 is 6.21. The van der Waals surface area contributed by atoms with Crippen LogP contribution in [0.15, 0.2) is 24.3 Å². The number of halogens is 1. The normalized spacial score (nSPS) is 19.8. The first-order chi connectivity index (χ1) is 9.70. The third kappa shape index (κ3) is 4.20. The van der Waals surface area contributed by atoms with Crippen molar-refractivity contribution in [2.45, 2.75) is 19.4 Å². The Morgan fingerprint density at radius 1 is 1.50 bits per heavy atom. The van der Waals surface area contributed by atoms with Gasteiger partial charge < -0.3 is 10.1 Å². The molecule has 1 N–H and O–H groups in total. The van der Waals surface area contributed by atoms with Crippen LogP contribution in [0, 0.1) is 0 Å². The number of carbonyl (C=O) groups is 1. The van der Waals surface area contributed by atoms with Crippen molar-refractivity contribution in [2.75, 3.05) is 32.8 Å². The number of nitrogens with zero attached hydrogens (tertiary/aromatic N) is 1. The topological polar surface area (TPSA) is 41.6 Å². The molecule has 0 aliphatic carbocycles. The molecule has 4 nitrogen and oxygen atoms in total. The lowest BCUT2D eigenvalue weighted by atomic mass is 10.1. The van der Waals surface area contributed by atoms with Crippen molar-refractivity contribution in [3.8, 4) is 0 Å². The van der Waals surface area contributed by atoms with Crippen LogP contribution >= 0.6 is 11.6 Å². The van der Waals surface area contributed by atoms with Gasteiger partial charge in [0.2, 0.25) is 5.91 Å². The lowest BCUT2D eigenvalue weighted by Crippen LogP contribution is -2.40. The molecule has 1 saturated heterocycles.